The molecule has 2 amide bonds. The van der Waals surface area contributed by atoms with E-state index in [0.717, 1.165) is 13.8 Å². The minimum absolute atomic E-state index is 0.00697. The minimum Gasteiger partial charge on any atom is -0.463 e. The average molecular weight is 359 g/mol. The molecule has 1 aliphatic rings. The molecule has 1 unspecified atom stereocenters. The highest BCUT2D eigenvalue weighted by Gasteiger charge is 2.50. The minimum atomic E-state index is -1.18. The molecule has 0 saturated carbocycles. The Labute approximate surface area is 143 Å². The third kappa shape index (κ3) is 6.75. The molecule has 0 radical (unpaired) electrons. The van der Waals surface area contributed by atoms with Gasteiger partial charge in [0.25, 0.3) is 0 Å². The molecule has 4 atom stereocenters. The molecule has 0 aromatic rings. The summed E-state index contributed by atoms with van der Waals surface area (Å²) in [4.78, 5) is 48.9. The molecule has 0 spiro atoms. The van der Waals surface area contributed by atoms with Crippen LogP contribution in [0.5, 0.6) is 0 Å². The zero-order valence-electron chi connectivity index (χ0n) is 14.3. The maximum atomic E-state index is 11.8. The normalized spacial score (nSPS) is 25.8. The number of hydrogen-bond acceptors (Lipinski definition) is 8. The van der Waals surface area contributed by atoms with Crippen molar-refractivity contribution >= 4 is 29.8 Å². The summed E-state index contributed by atoms with van der Waals surface area (Å²) < 4.78 is 20.6. The maximum absolute atomic E-state index is 11.8. The third-order valence-corrected chi connectivity index (χ3v) is 2.91. The Morgan fingerprint density at radius 2 is 1.56 bits per heavy atom. The molecule has 3 N–H and O–H groups in total. The fourth-order valence-electron chi connectivity index (χ4n) is 2.15. The lowest BCUT2D eigenvalue weighted by atomic mass is 10.1. The van der Waals surface area contributed by atoms with Crippen LogP contribution < -0.4 is 11.1 Å². The highest BCUT2D eigenvalue weighted by molar-refractivity contribution is 5.91. The SMILES string of the molecule is CC(=O)OC[C@H]1O[C@@H](NC(=O)N=C(C)N)C(OC(C)=O)[C@H]1OC(C)=O. The maximum Gasteiger partial charge on any atom is 0.344 e. The van der Waals surface area contributed by atoms with Crippen LogP contribution in [-0.4, -0.2) is 60.9 Å². The van der Waals surface area contributed by atoms with Gasteiger partial charge in [0.15, 0.2) is 18.4 Å². The van der Waals surface area contributed by atoms with Crippen molar-refractivity contribution in [3.63, 3.8) is 0 Å². The lowest BCUT2D eigenvalue weighted by Gasteiger charge is -2.23. The van der Waals surface area contributed by atoms with Gasteiger partial charge in [-0.1, -0.05) is 0 Å². The quantitative estimate of drug-likeness (QED) is 0.278. The summed E-state index contributed by atoms with van der Waals surface area (Å²) in [7, 11) is 0. The molecule has 140 valence electrons. The van der Waals surface area contributed by atoms with E-state index in [9.17, 15) is 19.2 Å². The molecule has 25 heavy (non-hydrogen) atoms. The van der Waals surface area contributed by atoms with E-state index in [4.69, 9.17) is 24.7 Å². The fourth-order valence-corrected chi connectivity index (χ4v) is 2.15. The largest absolute Gasteiger partial charge is 0.463 e. The molecule has 1 fully saturated rings. The van der Waals surface area contributed by atoms with Gasteiger partial charge in [-0.15, -0.1) is 0 Å². The van der Waals surface area contributed by atoms with Gasteiger partial charge in [-0.05, 0) is 6.92 Å². The van der Waals surface area contributed by atoms with E-state index in [1.807, 2.05) is 0 Å². The summed E-state index contributed by atoms with van der Waals surface area (Å²) in [5, 5.41) is 2.35. The van der Waals surface area contributed by atoms with Gasteiger partial charge in [-0.2, -0.15) is 4.99 Å². The Bertz CT molecular complexity index is 572. The van der Waals surface area contributed by atoms with Crippen LogP contribution >= 0.6 is 0 Å². The van der Waals surface area contributed by atoms with Crippen LogP contribution in [0.25, 0.3) is 0 Å². The number of rotatable bonds is 5. The number of amides is 2. The lowest BCUT2D eigenvalue weighted by molar-refractivity contribution is -0.165. The van der Waals surface area contributed by atoms with E-state index in [-0.39, 0.29) is 12.4 Å². The van der Waals surface area contributed by atoms with Crippen molar-refractivity contribution in [2.75, 3.05) is 6.61 Å². The molecule has 11 heteroatoms. The average Bonchev–Trinajstić information content (AvgIpc) is 2.72. The second kappa shape index (κ2) is 8.97. The first-order valence-corrected chi connectivity index (χ1v) is 7.34. The monoisotopic (exact) mass is 359 g/mol. The molecular formula is C14H21N3O8. The number of hydrogen-bond donors (Lipinski definition) is 2. The van der Waals surface area contributed by atoms with E-state index in [1.165, 1.54) is 13.8 Å². The Kier molecular flexibility index (Phi) is 7.30. The summed E-state index contributed by atoms with van der Waals surface area (Å²) in [5.41, 5.74) is 5.32. The van der Waals surface area contributed by atoms with Crippen LogP contribution in [0, 0.1) is 0 Å². The number of urea groups is 1. The topological polar surface area (TPSA) is 156 Å². The molecule has 0 aliphatic carbocycles. The first-order chi connectivity index (χ1) is 11.6. The van der Waals surface area contributed by atoms with Gasteiger partial charge in [-0.3, -0.25) is 14.4 Å². The first kappa shape index (κ1) is 20.4. The van der Waals surface area contributed by atoms with Crippen molar-refractivity contribution < 1.29 is 38.1 Å². The van der Waals surface area contributed by atoms with E-state index < -0.39 is 48.5 Å². The number of amidine groups is 1. The number of carbonyl (C=O) groups is 4. The molecule has 0 aromatic heterocycles. The summed E-state index contributed by atoms with van der Waals surface area (Å²) in [6.45, 7) is 4.63. The number of ether oxygens (including phenoxy) is 4. The standard InChI is InChI=1S/C14H21N3O8/c1-6(15)16-14(21)17-13-12(24-9(4)20)11(23-8(3)19)10(25-13)5-22-7(2)18/h10-13H,5H2,1-4H3,(H3,15,16,17,21)/t10-,11+,12?,13-/m1/s1. The van der Waals surface area contributed by atoms with Crippen molar-refractivity contribution in [1.82, 2.24) is 5.32 Å². The number of nitrogens with two attached hydrogens (primary N) is 1. The van der Waals surface area contributed by atoms with Crippen molar-refractivity contribution in [3.05, 3.63) is 0 Å². The summed E-state index contributed by atoms with van der Waals surface area (Å²) in [6.07, 6.45) is -4.37. The van der Waals surface area contributed by atoms with Crippen molar-refractivity contribution in [3.8, 4) is 0 Å². The van der Waals surface area contributed by atoms with Crippen LogP contribution in [0.4, 0.5) is 4.79 Å². The highest BCUT2D eigenvalue weighted by Crippen LogP contribution is 2.26. The Balaban J connectivity index is 3.00. The highest BCUT2D eigenvalue weighted by atomic mass is 16.7. The van der Waals surface area contributed by atoms with Gasteiger partial charge in [0.1, 0.15) is 18.5 Å². The second-order valence-corrected chi connectivity index (χ2v) is 5.25. The van der Waals surface area contributed by atoms with Gasteiger partial charge in [0.2, 0.25) is 0 Å². The predicted octanol–water partition coefficient (Wildman–Crippen LogP) is -0.775. The molecule has 0 aromatic carbocycles. The number of nitrogens with zero attached hydrogens (tertiary/aromatic N) is 1. The zero-order valence-corrected chi connectivity index (χ0v) is 14.3. The molecular weight excluding hydrogens is 338 g/mol. The number of carbonyl (C=O) groups excluding carboxylic acids is 4. The first-order valence-electron chi connectivity index (χ1n) is 7.34. The van der Waals surface area contributed by atoms with Crippen LogP contribution in [-0.2, 0) is 33.3 Å². The number of aliphatic imine (C=N–C) groups is 1. The van der Waals surface area contributed by atoms with Crippen LogP contribution in [0.15, 0.2) is 4.99 Å². The van der Waals surface area contributed by atoms with Crippen LogP contribution in [0.2, 0.25) is 0 Å². The van der Waals surface area contributed by atoms with Crippen LogP contribution in [0.3, 0.4) is 0 Å². The van der Waals surface area contributed by atoms with E-state index in [2.05, 4.69) is 10.3 Å². The molecule has 1 heterocycles. The lowest BCUT2D eigenvalue weighted by Crippen LogP contribution is -2.46. The molecule has 1 saturated heterocycles. The molecule has 11 nitrogen and oxygen atoms in total. The van der Waals surface area contributed by atoms with Crippen molar-refractivity contribution in [1.29, 1.82) is 0 Å². The second-order valence-electron chi connectivity index (χ2n) is 5.25. The van der Waals surface area contributed by atoms with E-state index in [0.29, 0.717) is 0 Å². The van der Waals surface area contributed by atoms with E-state index in [1.54, 1.807) is 0 Å². The fraction of sp³-hybridized carbons (Fsp3) is 0.643. The smallest absolute Gasteiger partial charge is 0.344 e. The Morgan fingerprint density at radius 1 is 1.00 bits per heavy atom. The van der Waals surface area contributed by atoms with Gasteiger partial charge >= 0.3 is 23.9 Å². The van der Waals surface area contributed by atoms with Crippen molar-refractivity contribution in [2.45, 2.75) is 52.2 Å². The van der Waals surface area contributed by atoms with Gasteiger partial charge in [-0.25, -0.2) is 4.79 Å². The molecule has 1 rings (SSSR count). The number of esters is 3. The van der Waals surface area contributed by atoms with Crippen molar-refractivity contribution in [2.24, 2.45) is 10.7 Å². The third-order valence-electron chi connectivity index (χ3n) is 2.91. The number of nitrogens with one attached hydrogen (secondary N) is 1. The molecule has 0 bridgehead atoms. The van der Waals surface area contributed by atoms with Gasteiger partial charge < -0.3 is 30.0 Å². The zero-order chi connectivity index (χ0) is 19.1. The summed E-state index contributed by atoms with van der Waals surface area (Å²) >= 11 is 0. The van der Waals surface area contributed by atoms with Crippen LogP contribution in [0.1, 0.15) is 27.7 Å². The summed E-state index contributed by atoms with van der Waals surface area (Å²) in [5.74, 6) is -1.92. The Morgan fingerprint density at radius 3 is 2.04 bits per heavy atom. The summed E-state index contributed by atoms with van der Waals surface area (Å²) in [6, 6.07) is -0.836. The molecule has 1 aliphatic heterocycles. The van der Waals surface area contributed by atoms with Gasteiger partial charge in [0, 0.05) is 20.8 Å². The van der Waals surface area contributed by atoms with E-state index >= 15 is 0 Å². The van der Waals surface area contributed by atoms with Gasteiger partial charge in [0.05, 0.1) is 0 Å². The predicted molar refractivity (Wildman–Crippen MR) is 82.2 cm³/mol. The Hall–Kier alpha value is -2.69.